The first-order chi connectivity index (χ1) is 19.2. The predicted octanol–water partition coefficient (Wildman–Crippen LogP) is 3.39. The van der Waals surface area contributed by atoms with Gasteiger partial charge in [-0.15, -0.1) is 0 Å². The topological polar surface area (TPSA) is 165 Å². The Morgan fingerprint density at radius 2 is 1.55 bits per heavy atom. The molecule has 0 radical (unpaired) electrons. The minimum Gasteiger partial charge on any atom is -0.507 e. The van der Waals surface area contributed by atoms with Crippen LogP contribution in [-0.2, 0) is 19.4 Å². The summed E-state index contributed by atoms with van der Waals surface area (Å²) in [4.78, 5) is 49.3. The SMILES string of the molecule is NC(=O)c1cc(O)c2c(c1CCCc1cc[n+](Cc3ccc([N+](=O)[O-])cc3)cc1)C(=O)c1cccc(O)c1C2=O. The lowest BCUT2D eigenvalue weighted by atomic mass is 9.78. The molecule has 0 bridgehead atoms. The lowest BCUT2D eigenvalue weighted by Gasteiger charge is -2.23. The summed E-state index contributed by atoms with van der Waals surface area (Å²) < 4.78 is 1.93. The number of carbonyl (C=O) groups is 3. The highest BCUT2D eigenvalue weighted by Gasteiger charge is 2.37. The van der Waals surface area contributed by atoms with Crippen molar-refractivity contribution < 1.29 is 34.1 Å². The number of aromatic nitrogens is 1. The van der Waals surface area contributed by atoms with Crippen LogP contribution in [0.15, 0.2) is 73.1 Å². The van der Waals surface area contributed by atoms with E-state index < -0.39 is 28.1 Å². The maximum absolute atomic E-state index is 13.5. The van der Waals surface area contributed by atoms with E-state index in [1.807, 2.05) is 29.1 Å². The Morgan fingerprint density at radius 3 is 2.20 bits per heavy atom. The number of benzene rings is 3. The Kier molecular flexibility index (Phi) is 6.83. The summed E-state index contributed by atoms with van der Waals surface area (Å²) in [5.41, 5.74) is 7.28. The van der Waals surface area contributed by atoms with Crippen molar-refractivity contribution in [2.75, 3.05) is 0 Å². The quantitative estimate of drug-likeness (QED) is 0.155. The number of phenols is 2. The van der Waals surface area contributed by atoms with E-state index in [4.69, 9.17) is 5.73 Å². The maximum Gasteiger partial charge on any atom is 0.269 e. The molecule has 0 saturated carbocycles. The van der Waals surface area contributed by atoms with Gasteiger partial charge in [0.05, 0.1) is 16.1 Å². The number of primary amides is 1. The van der Waals surface area contributed by atoms with Crippen molar-refractivity contribution in [2.45, 2.75) is 25.8 Å². The first-order valence-electron chi connectivity index (χ1n) is 12.5. The molecule has 3 aromatic carbocycles. The van der Waals surface area contributed by atoms with E-state index >= 15 is 0 Å². The number of nitrogens with two attached hydrogens (primary N) is 1. The number of ketones is 2. The summed E-state index contributed by atoms with van der Waals surface area (Å²) in [5, 5.41) is 31.7. The minimum atomic E-state index is -0.831. The summed E-state index contributed by atoms with van der Waals surface area (Å²) in [6.45, 7) is 0.535. The Morgan fingerprint density at radius 1 is 0.850 bits per heavy atom. The average Bonchev–Trinajstić information content (AvgIpc) is 2.93. The molecule has 10 heteroatoms. The van der Waals surface area contributed by atoms with E-state index in [9.17, 15) is 34.7 Å². The molecule has 4 aromatic rings. The van der Waals surface area contributed by atoms with Gasteiger partial charge in [-0.2, -0.15) is 0 Å². The summed E-state index contributed by atoms with van der Waals surface area (Å²) in [7, 11) is 0. The van der Waals surface area contributed by atoms with Crippen molar-refractivity contribution in [1.82, 2.24) is 0 Å². The van der Waals surface area contributed by atoms with Crippen molar-refractivity contribution >= 4 is 23.2 Å². The zero-order valence-electron chi connectivity index (χ0n) is 21.2. The first-order valence-corrected chi connectivity index (χ1v) is 12.5. The van der Waals surface area contributed by atoms with Crippen LogP contribution in [0.25, 0.3) is 0 Å². The zero-order chi connectivity index (χ0) is 28.6. The minimum absolute atomic E-state index is 0.000375. The number of hydrogen-bond acceptors (Lipinski definition) is 7. The Labute approximate surface area is 228 Å². The number of non-ortho nitro benzene ring substituents is 1. The van der Waals surface area contributed by atoms with Crippen LogP contribution in [0.1, 0.15) is 65.3 Å². The van der Waals surface area contributed by atoms with E-state index in [1.165, 1.54) is 30.3 Å². The number of aromatic hydroxyl groups is 2. The number of phenolic OH excluding ortho intramolecular Hbond substituents is 2. The van der Waals surface area contributed by atoms with Crippen LogP contribution in [0, 0.1) is 10.1 Å². The highest BCUT2D eigenvalue weighted by Crippen LogP contribution is 2.39. The van der Waals surface area contributed by atoms with Crippen molar-refractivity contribution in [3.63, 3.8) is 0 Å². The summed E-state index contributed by atoms with van der Waals surface area (Å²) in [6.07, 6.45) is 5.12. The number of carbonyl (C=O) groups excluding carboxylic acids is 3. The fraction of sp³-hybridized carbons (Fsp3) is 0.133. The van der Waals surface area contributed by atoms with Gasteiger partial charge in [-0.3, -0.25) is 24.5 Å². The van der Waals surface area contributed by atoms with Crippen molar-refractivity contribution in [3.05, 3.63) is 128 Å². The highest BCUT2D eigenvalue weighted by molar-refractivity contribution is 6.31. The van der Waals surface area contributed by atoms with Crippen molar-refractivity contribution in [1.29, 1.82) is 0 Å². The second kappa shape index (κ2) is 10.4. The molecule has 1 heterocycles. The molecule has 1 aliphatic carbocycles. The molecule has 200 valence electrons. The second-order valence-corrected chi connectivity index (χ2v) is 9.55. The van der Waals surface area contributed by atoms with Gasteiger partial charge in [-0.05, 0) is 54.7 Å². The van der Waals surface area contributed by atoms with Gasteiger partial charge in [0.25, 0.3) is 5.69 Å². The Bertz CT molecular complexity index is 1690. The third kappa shape index (κ3) is 4.78. The number of hydrogen-bond donors (Lipinski definition) is 3. The van der Waals surface area contributed by atoms with Gasteiger partial charge < -0.3 is 15.9 Å². The lowest BCUT2D eigenvalue weighted by molar-refractivity contribution is -0.688. The molecule has 1 aliphatic rings. The maximum atomic E-state index is 13.5. The zero-order valence-corrected chi connectivity index (χ0v) is 21.2. The molecule has 0 saturated heterocycles. The highest BCUT2D eigenvalue weighted by atomic mass is 16.6. The molecular formula is C30H24N3O7+. The van der Waals surface area contributed by atoms with Gasteiger partial charge in [0.2, 0.25) is 11.7 Å². The van der Waals surface area contributed by atoms with Gasteiger partial charge >= 0.3 is 0 Å². The summed E-state index contributed by atoms with van der Waals surface area (Å²) >= 11 is 0. The third-order valence-corrected chi connectivity index (χ3v) is 7.01. The number of amides is 1. The molecule has 0 atom stereocenters. The normalized spacial score (nSPS) is 12.1. The number of pyridine rings is 1. The van der Waals surface area contributed by atoms with Gasteiger partial charge in [0.15, 0.2) is 24.7 Å². The molecule has 1 aromatic heterocycles. The summed E-state index contributed by atoms with van der Waals surface area (Å²) in [5.74, 6) is -3.00. The van der Waals surface area contributed by atoms with E-state index in [1.54, 1.807) is 12.1 Å². The Hall–Kier alpha value is -5.38. The van der Waals surface area contributed by atoms with E-state index in [2.05, 4.69) is 0 Å². The van der Waals surface area contributed by atoms with Gasteiger partial charge in [0, 0.05) is 46.5 Å². The molecule has 5 rings (SSSR count). The first kappa shape index (κ1) is 26.2. The number of nitro benzene ring substituents is 1. The van der Waals surface area contributed by atoms with Crippen LogP contribution in [0.4, 0.5) is 5.69 Å². The predicted molar refractivity (Wildman–Crippen MR) is 142 cm³/mol. The lowest BCUT2D eigenvalue weighted by Crippen LogP contribution is -2.33. The number of fused-ring (bicyclic) bond motifs is 2. The number of nitrogens with zero attached hydrogens (tertiary/aromatic N) is 2. The smallest absolute Gasteiger partial charge is 0.269 e. The molecular weight excluding hydrogens is 514 g/mol. The molecule has 4 N–H and O–H groups in total. The molecule has 40 heavy (non-hydrogen) atoms. The number of rotatable bonds is 8. The Balaban J connectivity index is 1.36. The molecule has 0 aliphatic heterocycles. The van der Waals surface area contributed by atoms with Crippen LogP contribution in [-0.4, -0.2) is 32.6 Å². The van der Waals surface area contributed by atoms with E-state index in [0.29, 0.717) is 19.4 Å². The van der Waals surface area contributed by atoms with Crippen molar-refractivity contribution in [2.24, 2.45) is 5.73 Å². The van der Waals surface area contributed by atoms with E-state index in [0.717, 1.165) is 17.2 Å². The standard InChI is InChI=1S/C30H23N3O7/c31-30(38)22-15-24(35)27-26(28(36)21-5-2-6-23(34)25(21)29(27)37)20(22)4-1-3-17-11-13-32(14-12-17)16-18-7-9-19(10-8-18)33(39)40/h2,5-15H,1,3-4,16H2,(H3-,31,34,35,37,38)/p+1. The largest absolute Gasteiger partial charge is 0.507 e. The molecule has 0 unspecified atom stereocenters. The third-order valence-electron chi connectivity index (χ3n) is 7.01. The van der Waals surface area contributed by atoms with Gasteiger partial charge in [0.1, 0.15) is 11.5 Å². The monoisotopic (exact) mass is 538 g/mol. The second-order valence-electron chi connectivity index (χ2n) is 9.55. The molecule has 10 nitrogen and oxygen atoms in total. The van der Waals surface area contributed by atoms with Crippen LogP contribution in [0.3, 0.4) is 0 Å². The number of nitro groups is 1. The fourth-order valence-corrected chi connectivity index (χ4v) is 5.06. The van der Waals surface area contributed by atoms with Gasteiger partial charge in [-0.1, -0.05) is 12.1 Å². The summed E-state index contributed by atoms with van der Waals surface area (Å²) in [6, 6.07) is 15.5. The fourth-order valence-electron chi connectivity index (χ4n) is 5.06. The molecule has 0 fully saturated rings. The molecule has 0 spiro atoms. The van der Waals surface area contributed by atoms with Crippen molar-refractivity contribution in [3.8, 4) is 11.5 Å². The van der Waals surface area contributed by atoms with E-state index in [-0.39, 0.29) is 51.2 Å². The van der Waals surface area contributed by atoms with Crippen LogP contribution >= 0.6 is 0 Å². The van der Waals surface area contributed by atoms with Crippen LogP contribution in [0.2, 0.25) is 0 Å². The molecule has 1 amide bonds. The van der Waals surface area contributed by atoms with Gasteiger partial charge in [-0.25, -0.2) is 4.57 Å². The average molecular weight is 539 g/mol. The van der Waals surface area contributed by atoms with Crippen LogP contribution < -0.4 is 10.3 Å². The van der Waals surface area contributed by atoms with Crippen LogP contribution in [0.5, 0.6) is 11.5 Å². The number of aryl methyl sites for hydroxylation is 1.